The topological polar surface area (TPSA) is 20.2 Å². The zero-order valence-corrected chi connectivity index (χ0v) is 10.9. The fourth-order valence-corrected chi connectivity index (χ4v) is 2.58. The van der Waals surface area contributed by atoms with Gasteiger partial charge in [0.1, 0.15) is 0 Å². The van der Waals surface area contributed by atoms with E-state index in [2.05, 4.69) is 71.5 Å². The van der Waals surface area contributed by atoms with Crippen molar-refractivity contribution in [2.75, 3.05) is 25.5 Å². The highest BCUT2D eigenvalue weighted by molar-refractivity contribution is 5.47. The average molecular weight is 241 g/mol. The van der Waals surface area contributed by atoms with Crippen molar-refractivity contribution in [1.29, 1.82) is 0 Å². The van der Waals surface area contributed by atoms with Crippen LogP contribution in [0.4, 0.5) is 5.69 Å². The first-order valence-electron chi connectivity index (χ1n) is 6.41. The van der Waals surface area contributed by atoms with Gasteiger partial charge < -0.3 is 14.8 Å². The number of nitrogens with one attached hydrogen (secondary N) is 1. The molecular formula is C15H19N3. The van der Waals surface area contributed by atoms with Gasteiger partial charge in [0.15, 0.2) is 0 Å². The number of aromatic nitrogens is 1. The molecule has 1 aromatic heterocycles. The van der Waals surface area contributed by atoms with Gasteiger partial charge in [0.05, 0.1) is 6.04 Å². The molecule has 3 rings (SSSR count). The van der Waals surface area contributed by atoms with Crippen LogP contribution in [0.5, 0.6) is 0 Å². The maximum Gasteiger partial charge on any atom is 0.0731 e. The Morgan fingerprint density at radius 3 is 2.67 bits per heavy atom. The van der Waals surface area contributed by atoms with E-state index in [-0.39, 0.29) is 0 Å². The number of fused-ring (bicyclic) bond motifs is 1. The summed E-state index contributed by atoms with van der Waals surface area (Å²) in [5.41, 5.74) is 3.93. The average Bonchev–Trinajstić information content (AvgIpc) is 2.87. The quantitative estimate of drug-likeness (QED) is 0.870. The molecule has 0 saturated carbocycles. The molecule has 2 heterocycles. The molecule has 94 valence electrons. The largest absolute Gasteiger partial charge is 0.378 e. The van der Waals surface area contributed by atoms with Gasteiger partial charge in [-0.25, -0.2) is 0 Å². The van der Waals surface area contributed by atoms with Crippen LogP contribution >= 0.6 is 0 Å². The van der Waals surface area contributed by atoms with Gasteiger partial charge in [0, 0.05) is 44.8 Å². The van der Waals surface area contributed by atoms with Crippen LogP contribution in [-0.2, 0) is 6.54 Å². The predicted octanol–water partition coefficient (Wildman–Crippen LogP) is 2.25. The van der Waals surface area contributed by atoms with Crippen LogP contribution in [0.15, 0.2) is 42.6 Å². The lowest BCUT2D eigenvalue weighted by Crippen LogP contribution is -2.33. The van der Waals surface area contributed by atoms with E-state index in [0.29, 0.717) is 6.04 Å². The monoisotopic (exact) mass is 241 g/mol. The lowest BCUT2D eigenvalue weighted by Gasteiger charge is -2.27. The van der Waals surface area contributed by atoms with Gasteiger partial charge >= 0.3 is 0 Å². The fraction of sp³-hybridized carbons (Fsp3) is 0.333. The second-order valence-corrected chi connectivity index (χ2v) is 5.00. The molecule has 1 aliphatic heterocycles. The third kappa shape index (κ3) is 1.91. The summed E-state index contributed by atoms with van der Waals surface area (Å²) >= 11 is 0. The molecule has 3 heteroatoms. The molecule has 1 unspecified atom stereocenters. The number of hydrogen-bond acceptors (Lipinski definition) is 2. The van der Waals surface area contributed by atoms with E-state index in [4.69, 9.17) is 0 Å². The summed E-state index contributed by atoms with van der Waals surface area (Å²) in [5, 5.41) is 3.59. The summed E-state index contributed by atoms with van der Waals surface area (Å²) in [6.45, 7) is 2.09. The zero-order chi connectivity index (χ0) is 12.5. The second kappa shape index (κ2) is 4.50. The van der Waals surface area contributed by atoms with Crippen molar-refractivity contribution in [2.24, 2.45) is 0 Å². The van der Waals surface area contributed by atoms with Crippen molar-refractivity contribution >= 4 is 5.69 Å². The van der Waals surface area contributed by atoms with E-state index in [1.165, 1.54) is 16.9 Å². The second-order valence-electron chi connectivity index (χ2n) is 5.00. The Balaban J connectivity index is 1.92. The Hall–Kier alpha value is -1.74. The molecule has 0 amide bonds. The minimum Gasteiger partial charge on any atom is -0.378 e. The van der Waals surface area contributed by atoms with Gasteiger partial charge in [0.2, 0.25) is 0 Å². The minimum absolute atomic E-state index is 0.324. The van der Waals surface area contributed by atoms with Crippen molar-refractivity contribution in [2.45, 2.75) is 12.6 Å². The smallest absolute Gasteiger partial charge is 0.0731 e. The molecule has 0 radical (unpaired) electrons. The molecule has 3 nitrogen and oxygen atoms in total. The standard InChI is InChI=1S/C15H19N3/c1-17(2)13-7-5-12(6-8-13)15-14-4-3-10-18(14)11-9-16-15/h3-8,10,15-16H,9,11H2,1-2H3. The molecule has 0 saturated heterocycles. The predicted molar refractivity (Wildman–Crippen MR) is 75.0 cm³/mol. The molecule has 1 aliphatic rings. The number of benzene rings is 1. The SMILES string of the molecule is CN(C)c1ccc(C2NCCn3cccc32)cc1. The van der Waals surface area contributed by atoms with Crippen LogP contribution in [-0.4, -0.2) is 25.2 Å². The molecule has 0 spiro atoms. The first-order valence-corrected chi connectivity index (χ1v) is 6.41. The summed E-state index contributed by atoms with van der Waals surface area (Å²) in [6, 6.07) is 13.5. The Morgan fingerprint density at radius 1 is 1.17 bits per heavy atom. The third-order valence-electron chi connectivity index (χ3n) is 3.60. The first-order chi connectivity index (χ1) is 8.75. The molecule has 18 heavy (non-hydrogen) atoms. The van der Waals surface area contributed by atoms with Crippen molar-refractivity contribution < 1.29 is 0 Å². The molecule has 2 aromatic rings. The van der Waals surface area contributed by atoms with Crippen molar-refractivity contribution in [3.05, 3.63) is 53.9 Å². The minimum atomic E-state index is 0.324. The molecule has 0 fully saturated rings. The van der Waals surface area contributed by atoms with Gasteiger partial charge in [-0.05, 0) is 29.8 Å². The summed E-state index contributed by atoms with van der Waals surface area (Å²) in [6.07, 6.45) is 2.16. The molecule has 0 bridgehead atoms. The van der Waals surface area contributed by atoms with E-state index < -0.39 is 0 Å². The zero-order valence-electron chi connectivity index (χ0n) is 10.9. The number of nitrogens with zero attached hydrogens (tertiary/aromatic N) is 2. The number of hydrogen-bond donors (Lipinski definition) is 1. The highest BCUT2D eigenvalue weighted by Crippen LogP contribution is 2.26. The molecule has 1 atom stereocenters. The fourth-order valence-electron chi connectivity index (χ4n) is 2.58. The molecular weight excluding hydrogens is 222 g/mol. The lowest BCUT2D eigenvalue weighted by atomic mass is 10.0. The van der Waals surface area contributed by atoms with Crippen molar-refractivity contribution in [3.8, 4) is 0 Å². The Labute approximate surface area is 108 Å². The first kappa shape index (κ1) is 11.4. The molecule has 0 aliphatic carbocycles. The highest BCUT2D eigenvalue weighted by Gasteiger charge is 2.20. The summed E-state index contributed by atoms with van der Waals surface area (Å²) in [5.74, 6) is 0. The van der Waals surface area contributed by atoms with Crippen molar-refractivity contribution in [3.63, 3.8) is 0 Å². The third-order valence-corrected chi connectivity index (χ3v) is 3.60. The van der Waals surface area contributed by atoms with Crippen LogP contribution in [0.2, 0.25) is 0 Å². The van der Waals surface area contributed by atoms with Crippen molar-refractivity contribution in [1.82, 2.24) is 9.88 Å². The van der Waals surface area contributed by atoms with Crippen LogP contribution in [0, 0.1) is 0 Å². The Kier molecular flexibility index (Phi) is 2.84. The Bertz CT molecular complexity index is 525. The molecule has 1 N–H and O–H groups in total. The van der Waals surface area contributed by atoms with Crippen LogP contribution in [0.3, 0.4) is 0 Å². The lowest BCUT2D eigenvalue weighted by molar-refractivity contribution is 0.467. The van der Waals surface area contributed by atoms with Gasteiger partial charge in [-0.15, -0.1) is 0 Å². The van der Waals surface area contributed by atoms with Gasteiger partial charge in [0.25, 0.3) is 0 Å². The number of rotatable bonds is 2. The maximum absolute atomic E-state index is 3.59. The maximum atomic E-state index is 3.59. The number of anilines is 1. The normalized spacial score (nSPS) is 18.4. The van der Waals surface area contributed by atoms with Gasteiger partial charge in [-0.2, -0.15) is 0 Å². The van der Waals surface area contributed by atoms with Crippen LogP contribution in [0.25, 0.3) is 0 Å². The molecule has 1 aromatic carbocycles. The van der Waals surface area contributed by atoms with Gasteiger partial charge in [-0.1, -0.05) is 12.1 Å². The van der Waals surface area contributed by atoms with E-state index >= 15 is 0 Å². The van der Waals surface area contributed by atoms with Crippen LogP contribution in [0.1, 0.15) is 17.3 Å². The summed E-state index contributed by atoms with van der Waals surface area (Å²) in [7, 11) is 4.14. The highest BCUT2D eigenvalue weighted by atomic mass is 15.1. The van der Waals surface area contributed by atoms with Gasteiger partial charge in [-0.3, -0.25) is 0 Å². The van der Waals surface area contributed by atoms with E-state index in [1.807, 2.05) is 0 Å². The Morgan fingerprint density at radius 2 is 1.94 bits per heavy atom. The summed E-state index contributed by atoms with van der Waals surface area (Å²) in [4.78, 5) is 2.13. The van der Waals surface area contributed by atoms with E-state index in [1.54, 1.807) is 0 Å². The van der Waals surface area contributed by atoms with E-state index in [0.717, 1.165) is 13.1 Å². The summed E-state index contributed by atoms with van der Waals surface area (Å²) < 4.78 is 2.33. The van der Waals surface area contributed by atoms with E-state index in [9.17, 15) is 0 Å². The van der Waals surface area contributed by atoms with Crippen LogP contribution < -0.4 is 10.2 Å².